The van der Waals surface area contributed by atoms with Crippen LogP contribution in [0, 0.1) is 6.92 Å². The minimum absolute atomic E-state index is 0.1000. The molecule has 8 nitrogen and oxygen atoms in total. The van der Waals surface area contributed by atoms with Crippen LogP contribution in [0.3, 0.4) is 0 Å². The second kappa shape index (κ2) is 4.87. The lowest BCUT2D eigenvalue weighted by Gasteiger charge is -2.21. The molecule has 1 aliphatic rings. The predicted molar refractivity (Wildman–Crippen MR) is 68.9 cm³/mol. The van der Waals surface area contributed by atoms with E-state index < -0.39 is 5.91 Å². The van der Waals surface area contributed by atoms with Gasteiger partial charge in [-0.25, -0.2) is 9.97 Å². The molecule has 0 aliphatic carbocycles. The van der Waals surface area contributed by atoms with E-state index in [0.717, 1.165) is 25.1 Å². The molecule has 0 bridgehead atoms. The molecule has 0 saturated carbocycles. The Morgan fingerprint density at radius 3 is 3.05 bits per heavy atom. The van der Waals surface area contributed by atoms with Gasteiger partial charge in [0.1, 0.15) is 6.04 Å². The number of carbonyl (C=O) groups excluding carboxylic acids is 1. The fourth-order valence-corrected chi connectivity index (χ4v) is 2.31. The monoisotopic (exact) mass is 274 g/mol. The van der Waals surface area contributed by atoms with Crippen LogP contribution < -0.4 is 10.6 Å². The lowest BCUT2D eigenvalue weighted by Crippen LogP contribution is -2.25. The molecule has 3 rings (SSSR count). The second-order valence-corrected chi connectivity index (χ2v) is 4.67. The van der Waals surface area contributed by atoms with Crippen molar-refractivity contribution in [1.82, 2.24) is 20.1 Å². The molecule has 2 aromatic rings. The van der Waals surface area contributed by atoms with Crippen molar-refractivity contribution < 1.29 is 9.32 Å². The van der Waals surface area contributed by atoms with Gasteiger partial charge in [-0.1, -0.05) is 5.16 Å². The maximum Gasteiger partial charge on any atom is 0.290 e. The number of rotatable bonds is 3. The van der Waals surface area contributed by atoms with Crippen molar-refractivity contribution in [2.75, 3.05) is 11.4 Å². The fourth-order valence-electron chi connectivity index (χ4n) is 2.31. The molecule has 1 aliphatic heterocycles. The van der Waals surface area contributed by atoms with E-state index in [9.17, 15) is 4.79 Å². The van der Waals surface area contributed by atoms with Gasteiger partial charge in [0.25, 0.3) is 11.7 Å². The summed E-state index contributed by atoms with van der Waals surface area (Å²) in [5.41, 5.74) is 6.02. The van der Waals surface area contributed by atoms with Gasteiger partial charge in [0.2, 0.25) is 11.8 Å². The number of nitrogens with two attached hydrogens (primary N) is 1. The molecule has 0 aromatic carbocycles. The van der Waals surface area contributed by atoms with Gasteiger partial charge >= 0.3 is 0 Å². The van der Waals surface area contributed by atoms with E-state index in [-0.39, 0.29) is 11.9 Å². The van der Waals surface area contributed by atoms with Gasteiger partial charge in [0.05, 0.1) is 0 Å². The molecule has 1 amide bonds. The van der Waals surface area contributed by atoms with Crippen LogP contribution in [0.4, 0.5) is 5.95 Å². The Hall–Kier alpha value is -2.51. The van der Waals surface area contributed by atoms with Crippen molar-refractivity contribution in [3.63, 3.8) is 0 Å². The van der Waals surface area contributed by atoms with Crippen molar-refractivity contribution in [3.8, 4) is 0 Å². The maximum absolute atomic E-state index is 11.0. The molecule has 2 aromatic heterocycles. The summed E-state index contributed by atoms with van der Waals surface area (Å²) in [5.74, 6) is 0.209. The number of nitrogens with zero attached hydrogens (tertiary/aromatic N) is 5. The number of aromatic nitrogens is 4. The Morgan fingerprint density at radius 2 is 2.35 bits per heavy atom. The van der Waals surface area contributed by atoms with Crippen LogP contribution in [0.25, 0.3) is 0 Å². The summed E-state index contributed by atoms with van der Waals surface area (Å²) in [4.78, 5) is 25.7. The smallest absolute Gasteiger partial charge is 0.290 e. The summed E-state index contributed by atoms with van der Waals surface area (Å²) in [6.07, 6.45) is 3.53. The molecule has 20 heavy (non-hydrogen) atoms. The summed E-state index contributed by atoms with van der Waals surface area (Å²) in [6, 6.07) is 1.73. The van der Waals surface area contributed by atoms with E-state index in [0.29, 0.717) is 11.8 Å². The van der Waals surface area contributed by atoms with Crippen molar-refractivity contribution in [3.05, 3.63) is 29.7 Å². The zero-order chi connectivity index (χ0) is 14.1. The van der Waals surface area contributed by atoms with Gasteiger partial charge in [-0.15, -0.1) is 0 Å². The van der Waals surface area contributed by atoms with Crippen LogP contribution in [0.15, 0.2) is 16.8 Å². The van der Waals surface area contributed by atoms with Crippen LogP contribution >= 0.6 is 0 Å². The molecule has 0 unspecified atom stereocenters. The normalized spacial score (nSPS) is 18.4. The molecule has 104 valence electrons. The average molecular weight is 274 g/mol. The van der Waals surface area contributed by atoms with Crippen molar-refractivity contribution in [2.24, 2.45) is 5.73 Å². The van der Waals surface area contributed by atoms with Gasteiger partial charge in [-0.3, -0.25) is 4.79 Å². The highest BCUT2D eigenvalue weighted by Gasteiger charge is 2.32. The molecular weight excluding hydrogens is 260 g/mol. The molecule has 3 heterocycles. The van der Waals surface area contributed by atoms with Crippen molar-refractivity contribution in [1.29, 1.82) is 0 Å². The Labute approximate surface area is 115 Å². The van der Waals surface area contributed by atoms with Crippen LogP contribution in [0.1, 0.15) is 41.1 Å². The molecule has 8 heteroatoms. The molecule has 0 radical (unpaired) electrons. The topological polar surface area (TPSA) is 111 Å². The third-order valence-corrected chi connectivity index (χ3v) is 3.24. The Morgan fingerprint density at radius 1 is 1.50 bits per heavy atom. The van der Waals surface area contributed by atoms with Gasteiger partial charge in [0.15, 0.2) is 0 Å². The molecule has 1 saturated heterocycles. The number of anilines is 1. The van der Waals surface area contributed by atoms with E-state index >= 15 is 0 Å². The van der Waals surface area contributed by atoms with Gasteiger partial charge in [-0.2, -0.15) is 4.98 Å². The number of carbonyl (C=O) groups is 1. The average Bonchev–Trinajstić information content (AvgIpc) is 3.07. The number of amides is 1. The zero-order valence-electron chi connectivity index (χ0n) is 11.0. The number of primary amides is 1. The predicted octanol–water partition coefficient (Wildman–Crippen LogP) is 0.608. The zero-order valence-corrected chi connectivity index (χ0v) is 11.0. The van der Waals surface area contributed by atoms with E-state index in [1.54, 1.807) is 6.20 Å². The first-order valence-electron chi connectivity index (χ1n) is 6.35. The summed E-state index contributed by atoms with van der Waals surface area (Å²) in [6.45, 7) is 2.72. The fraction of sp³-hybridized carbons (Fsp3) is 0.417. The molecule has 1 fully saturated rings. The van der Waals surface area contributed by atoms with E-state index in [1.807, 2.05) is 17.9 Å². The second-order valence-electron chi connectivity index (χ2n) is 4.67. The highest BCUT2D eigenvalue weighted by Crippen LogP contribution is 2.33. The Kier molecular flexibility index (Phi) is 3.05. The quantitative estimate of drug-likeness (QED) is 0.872. The number of hydrogen-bond acceptors (Lipinski definition) is 7. The van der Waals surface area contributed by atoms with Crippen molar-refractivity contribution in [2.45, 2.75) is 25.8 Å². The Bertz CT molecular complexity index is 640. The minimum atomic E-state index is -0.698. The lowest BCUT2D eigenvalue weighted by atomic mass is 10.2. The van der Waals surface area contributed by atoms with Crippen LogP contribution in [0.2, 0.25) is 0 Å². The molecule has 1 atom stereocenters. The summed E-state index contributed by atoms with van der Waals surface area (Å²) in [5, 5.41) is 3.58. The highest BCUT2D eigenvalue weighted by molar-refractivity contribution is 5.88. The van der Waals surface area contributed by atoms with Crippen LogP contribution in [-0.4, -0.2) is 32.6 Å². The number of aryl methyl sites for hydroxylation is 1. The standard InChI is InChI=1S/C12H14N6O2/c1-7-4-5-14-12(15-7)18-6-2-3-8(18)11-16-10(9(13)19)17-20-11/h4-5,8H,2-3,6H2,1H3,(H2,13,19)/t8-/m0/s1. The van der Waals surface area contributed by atoms with Crippen LogP contribution in [-0.2, 0) is 0 Å². The van der Waals surface area contributed by atoms with Gasteiger partial charge < -0.3 is 15.2 Å². The maximum atomic E-state index is 11.0. The largest absolute Gasteiger partial charge is 0.363 e. The number of hydrogen-bond donors (Lipinski definition) is 1. The van der Waals surface area contributed by atoms with Gasteiger partial charge in [0, 0.05) is 18.4 Å². The van der Waals surface area contributed by atoms with E-state index in [2.05, 4.69) is 20.1 Å². The molecule has 2 N–H and O–H groups in total. The van der Waals surface area contributed by atoms with Crippen LogP contribution in [0.5, 0.6) is 0 Å². The van der Waals surface area contributed by atoms with Gasteiger partial charge in [-0.05, 0) is 25.8 Å². The molecule has 0 spiro atoms. The first-order valence-corrected chi connectivity index (χ1v) is 6.35. The first kappa shape index (κ1) is 12.5. The highest BCUT2D eigenvalue weighted by atomic mass is 16.5. The van der Waals surface area contributed by atoms with E-state index in [4.69, 9.17) is 10.3 Å². The summed E-state index contributed by atoms with van der Waals surface area (Å²) < 4.78 is 5.13. The summed E-state index contributed by atoms with van der Waals surface area (Å²) in [7, 11) is 0. The third-order valence-electron chi connectivity index (χ3n) is 3.24. The Balaban J connectivity index is 1.90. The minimum Gasteiger partial charge on any atom is -0.363 e. The van der Waals surface area contributed by atoms with Crippen molar-refractivity contribution >= 4 is 11.9 Å². The van der Waals surface area contributed by atoms with E-state index in [1.165, 1.54) is 0 Å². The molecular formula is C12H14N6O2. The first-order chi connectivity index (χ1) is 9.65. The SMILES string of the molecule is Cc1ccnc(N2CCC[C@H]2c2nc(C(N)=O)no2)n1. The summed E-state index contributed by atoms with van der Waals surface area (Å²) >= 11 is 0. The lowest BCUT2D eigenvalue weighted by molar-refractivity contribution is 0.0987. The third kappa shape index (κ3) is 2.20.